The van der Waals surface area contributed by atoms with Crippen LogP contribution in [0.5, 0.6) is 0 Å². The molecule has 0 spiro atoms. The predicted octanol–water partition coefficient (Wildman–Crippen LogP) is 4.86. The van der Waals surface area contributed by atoms with E-state index in [-0.39, 0.29) is 12.2 Å². The van der Waals surface area contributed by atoms with Crippen molar-refractivity contribution in [2.75, 3.05) is 11.9 Å². The quantitative estimate of drug-likeness (QED) is 0.527. The fraction of sp³-hybridized carbons (Fsp3) is 0.381. The summed E-state index contributed by atoms with van der Waals surface area (Å²) in [5.41, 5.74) is 3.25. The van der Waals surface area contributed by atoms with Crippen LogP contribution in [0.2, 0.25) is 0 Å². The summed E-state index contributed by atoms with van der Waals surface area (Å²) in [6.07, 6.45) is 5.51. The van der Waals surface area contributed by atoms with Gasteiger partial charge in [0.1, 0.15) is 6.17 Å². The normalized spacial score (nSPS) is 13.3. The van der Waals surface area contributed by atoms with Crippen molar-refractivity contribution in [3.8, 4) is 0 Å². The molecule has 0 fully saturated rings. The van der Waals surface area contributed by atoms with Gasteiger partial charge >= 0.3 is 0 Å². The van der Waals surface area contributed by atoms with Crippen LogP contribution in [-0.4, -0.2) is 18.1 Å². The fourth-order valence-corrected chi connectivity index (χ4v) is 3.06. The van der Waals surface area contributed by atoms with E-state index in [4.69, 9.17) is 4.98 Å². The SMILES string of the molecule is C=CC(CCCC)N(c1ccccc1)C(NC)c1cccc(C)n1. The summed E-state index contributed by atoms with van der Waals surface area (Å²) in [6.45, 7) is 8.36. The molecule has 2 aromatic rings. The molecular formula is C21H29N3. The molecule has 2 rings (SSSR count). The molecule has 1 aromatic carbocycles. The molecule has 0 aliphatic rings. The number of pyridine rings is 1. The maximum absolute atomic E-state index is 4.75. The second-order valence-electron chi connectivity index (χ2n) is 6.08. The maximum atomic E-state index is 4.75. The molecule has 0 bridgehead atoms. The van der Waals surface area contributed by atoms with Gasteiger partial charge in [-0.1, -0.05) is 50.1 Å². The number of aromatic nitrogens is 1. The maximum Gasteiger partial charge on any atom is 0.123 e. The third-order valence-corrected chi connectivity index (χ3v) is 4.28. The fourth-order valence-electron chi connectivity index (χ4n) is 3.06. The summed E-state index contributed by atoms with van der Waals surface area (Å²) in [5, 5.41) is 3.45. The largest absolute Gasteiger partial charge is 0.344 e. The summed E-state index contributed by atoms with van der Waals surface area (Å²) >= 11 is 0. The first-order chi connectivity index (χ1) is 11.7. The van der Waals surface area contributed by atoms with E-state index in [1.165, 1.54) is 18.5 Å². The van der Waals surface area contributed by atoms with Crippen molar-refractivity contribution in [3.63, 3.8) is 0 Å². The number of anilines is 1. The van der Waals surface area contributed by atoms with Crippen molar-refractivity contribution in [2.24, 2.45) is 0 Å². The van der Waals surface area contributed by atoms with Gasteiger partial charge < -0.3 is 4.90 Å². The molecule has 0 saturated heterocycles. The van der Waals surface area contributed by atoms with E-state index in [9.17, 15) is 0 Å². The highest BCUT2D eigenvalue weighted by atomic mass is 15.3. The van der Waals surface area contributed by atoms with Crippen molar-refractivity contribution in [1.82, 2.24) is 10.3 Å². The number of benzene rings is 1. The van der Waals surface area contributed by atoms with Gasteiger partial charge in [0.25, 0.3) is 0 Å². The highest BCUT2D eigenvalue weighted by Gasteiger charge is 2.26. The van der Waals surface area contributed by atoms with Crippen molar-refractivity contribution < 1.29 is 0 Å². The lowest BCUT2D eigenvalue weighted by Gasteiger charge is -2.38. The van der Waals surface area contributed by atoms with Crippen molar-refractivity contribution >= 4 is 5.69 Å². The van der Waals surface area contributed by atoms with Crippen molar-refractivity contribution in [3.05, 3.63) is 72.6 Å². The molecule has 3 nitrogen and oxygen atoms in total. The van der Waals surface area contributed by atoms with Crippen LogP contribution in [-0.2, 0) is 0 Å². The topological polar surface area (TPSA) is 28.2 Å². The Labute approximate surface area is 146 Å². The minimum absolute atomic E-state index is 0.00663. The zero-order chi connectivity index (χ0) is 17.4. The molecule has 128 valence electrons. The lowest BCUT2D eigenvalue weighted by Crippen LogP contribution is -2.43. The Hall–Kier alpha value is -2.13. The van der Waals surface area contributed by atoms with Gasteiger partial charge in [0.15, 0.2) is 0 Å². The predicted molar refractivity (Wildman–Crippen MR) is 103 cm³/mol. The molecular weight excluding hydrogens is 294 g/mol. The third-order valence-electron chi connectivity index (χ3n) is 4.28. The first kappa shape index (κ1) is 18.2. The molecule has 2 unspecified atom stereocenters. The minimum atomic E-state index is 0.00663. The van der Waals surface area contributed by atoms with Crippen LogP contribution < -0.4 is 10.2 Å². The number of aryl methyl sites for hydroxylation is 1. The van der Waals surface area contributed by atoms with Crippen LogP contribution >= 0.6 is 0 Å². The highest BCUT2D eigenvalue weighted by molar-refractivity contribution is 5.50. The average Bonchev–Trinajstić information content (AvgIpc) is 2.62. The Kier molecular flexibility index (Phi) is 7.01. The van der Waals surface area contributed by atoms with Gasteiger partial charge in [-0.25, -0.2) is 0 Å². The van der Waals surface area contributed by atoms with Crippen LogP contribution in [0.1, 0.15) is 43.7 Å². The summed E-state index contributed by atoms with van der Waals surface area (Å²) in [7, 11) is 1.99. The number of unbranched alkanes of at least 4 members (excludes halogenated alkanes) is 1. The highest BCUT2D eigenvalue weighted by Crippen LogP contribution is 2.29. The molecule has 24 heavy (non-hydrogen) atoms. The molecule has 1 heterocycles. The van der Waals surface area contributed by atoms with E-state index < -0.39 is 0 Å². The van der Waals surface area contributed by atoms with Crippen LogP contribution in [0, 0.1) is 6.92 Å². The molecule has 1 N–H and O–H groups in total. The van der Waals surface area contributed by atoms with Gasteiger partial charge in [0.05, 0.1) is 5.69 Å². The molecule has 2 atom stereocenters. The Bertz CT molecular complexity index is 624. The van der Waals surface area contributed by atoms with Crippen LogP contribution in [0.4, 0.5) is 5.69 Å². The van der Waals surface area contributed by atoms with Crippen LogP contribution in [0.3, 0.4) is 0 Å². The summed E-state index contributed by atoms with van der Waals surface area (Å²) in [5.74, 6) is 0. The standard InChI is InChI=1S/C21H29N3/c1-5-7-13-18(6-2)24(19-14-9-8-10-15-19)21(22-4)20-16-11-12-17(3)23-20/h6,8-12,14-16,18,21-22H,2,5,7,13H2,1,3-4H3. The third kappa shape index (κ3) is 4.45. The van der Waals surface area contributed by atoms with E-state index in [1.54, 1.807) is 0 Å². The monoisotopic (exact) mass is 323 g/mol. The average molecular weight is 323 g/mol. The second kappa shape index (κ2) is 9.24. The number of para-hydroxylation sites is 1. The minimum Gasteiger partial charge on any atom is -0.344 e. The molecule has 0 radical (unpaired) electrons. The van der Waals surface area contributed by atoms with Crippen molar-refractivity contribution in [1.29, 1.82) is 0 Å². The van der Waals surface area contributed by atoms with Gasteiger partial charge in [-0.15, -0.1) is 6.58 Å². The molecule has 0 aliphatic heterocycles. The molecule has 0 saturated carbocycles. The van der Waals surface area contributed by atoms with Gasteiger partial charge in [-0.05, 0) is 44.7 Å². The molecule has 0 aliphatic carbocycles. The second-order valence-corrected chi connectivity index (χ2v) is 6.08. The zero-order valence-corrected chi connectivity index (χ0v) is 15.1. The van der Waals surface area contributed by atoms with E-state index in [2.05, 4.69) is 72.3 Å². The number of hydrogen-bond acceptors (Lipinski definition) is 3. The van der Waals surface area contributed by atoms with E-state index in [0.717, 1.165) is 17.8 Å². The Morgan fingerprint density at radius 3 is 2.50 bits per heavy atom. The number of hydrogen-bond donors (Lipinski definition) is 1. The van der Waals surface area contributed by atoms with Crippen molar-refractivity contribution in [2.45, 2.75) is 45.3 Å². The van der Waals surface area contributed by atoms with Gasteiger partial charge in [0.2, 0.25) is 0 Å². The number of nitrogens with zero attached hydrogens (tertiary/aromatic N) is 2. The Morgan fingerprint density at radius 1 is 1.17 bits per heavy atom. The molecule has 3 heteroatoms. The number of nitrogens with one attached hydrogen (secondary N) is 1. The Morgan fingerprint density at radius 2 is 1.92 bits per heavy atom. The van der Waals surface area contributed by atoms with Gasteiger partial charge in [-0.2, -0.15) is 0 Å². The summed E-state index contributed by atoms with van der Waals surface area (Å²) in [4.78, 5) is 7.14. The Balaban J connectivity index is 2.44. The lowest BCUT2D eigenvalue weighted by atomic mass is 10.0. The molecule has 0 amide bonds. The van der Waals surface area contributed by atoms with Gasteiger partial charge in [0, 0.05) is 17.4 Å². The van der Waals surface area contributed by atoms with E-state index >= 15 is 0 Å². The smallest absolute Gasteiger partial charge is 0.123 e. The molecule has 1 aromatic heterocycles. The van der Waals surface area contributed by atoms with E-state index in [1.807, 2.05) is 20.0 Å². The van der Waals surface area contributed by atoms with E-state index in [0.29, 0.717) is 0 Å². The summed E-state index contributed by atoms with van der Waals surface area (Å²) in [6, 6.07) is 17.0. The summed E-state index contributed by atoms with van der Waals surface area (Å²) < 4.78 is 0. The zero-order valence-electron chi connectivity index (χ0n) is 15.1. The number of rotatable bonds is 9. The first-order valence-electron chi connectivity index (χ1n) is 8.78. The van der Waals surface area contributed by atoms with Crippen LogP contribution in [0.15, 0.2) is 61.2 Å². The van der Waals surface area contributed by atoms with Crippen LogP contribution in [0.25, 0.3) is 0 Å². The first-order valence-corrected chi connectivity index (χ1v) is 8.78. The lowest BCUT2D eigenvalue weighted by molar-refractivity contribution is 0.477. The van der Waals surface area contributed by atoms with Gasteiger partial charge in [-0.3, -0.25) is 10.3 Å².